The Hall–Kier alpha value is -3.43. The Labute approximate surface area is 200 Å². The highest BCUT2D eigenvalue weighted by Gasteiger charge is 2.31. The van der Waals surface area contributed by atoms with Crippen LogP contribution in [0.3, 0.4) is 0 Å². The van der Waals surface area contributed by atoms with Crippen molar-refractivity contribution in [2.45, 2.75) is 12.6 Å². The predicted octanol–water partition coefficient (Wildman–Crippen LogP) is 4.15. The number of carbonyl (C=O) groups is 1. The fraction of sp³-hybridized carbons (Fsp3) is 0.308. The first-order valence-corrected chi connectivity index (χ1v) is 11.4. The standard InChI is InChI=1S/C26H24F3N3O3/c27-26(28,29)18-3-1-2-16(12-18)23-15-22(25(30)33)21-14-17-13-19(4-5-20(17)24(21)31-23)35-11-8-32-6-9-34-10-7-32/h1-5,12-13,15H,6-11,14H2,(H2,30,33). The number of aromatic nitrogens is 1. The van der Waals surface area contributed by atoms with Crippen LogP contribution in [0.1, 0.15) is 27.0 Å². The molecule has 3 aromatic rings. The van der Waals surface area contributed by atoms with E-state index in [-0.39, 0.29) is 16.8 Å². The third-order valence-corrected chi connectivity index (χ3v) is 6.35. The Kier molecular flexibility index (Phi) is 6.21. The molecule has 2 aromatic carbocycles. The summed E-state index contributed by atoms with van der Waals surface area (Å²) in [5.41, 5.74) is 8.64. The molecule has 0 atom stereocenters. The molecule has 1 aromatic heterocycles. The van der Waals surface area contributed by atoms with E-state index in [0.717, 1.165) is 56.1 Å². The first kappa shape index (κ1) is 23.3. The van der Waals surface area contributed by atoms with Gasteiger partial charge in [-0.25, -0.2) is 4.98 Å². The predicted molar refractivity (Wildman–Crippen MR) is 124 cm³/mol. The number of halogens is 3. The van der Waals surface area contributed by atoms with E-state index in [0.29, 0.717) is 30.0 Å². The van der Waals surface area contributed by atoms with Crippen LogP contribution in [0.25, 0.3) is 22.5 Å². The fourth-order valence-electron chi connectivity index (χ4n) is 4.54. The highest BCUT2D eigenvalue weighted by atomic mass is 19.4. The maximum atomic E-state index is 13.2. The monoisotopic (exact) mass is 483 g/mol. The maximum absolute atomic E-state index is 13.2. The van der Waals surface area contributed by atoms with Crippen LogP contribution in [-0.4, -0.2) is 55.2 Å². The molecule has 2 heterocycles. The van der Waals surface area contributed by atoms with E-state index in [1.165, 1.54) is 18.2 Å². The van der Waals surface area contributed by atoms with Gasteiger partial charge in [0.2, 0.25) is 5.91 Å². The molecule has 182 valence electrons. The second kappa shape index (κ2) is 9.31. The van der Waals surface area contributed by atoms with Crippen LogP contribution in [0.4, 0.5) is 13.2 Å². The highest BCUT2D eigenvalue weighted by molar-refractivity contribution is 5.98. The van der Waals surface area contributed by atoms with E-state index in [9.17, 15) is 18.0 Å². The minimum absolute atomic E-state index is 0.258. The van der Waals surface area contributed by atoms with Gasteiger partial charge in [-0.1, -0.05) is 12.1 Å². The average molecular weight is 483 g/mol. The van der Waals surface area contributed by atoms with Gasteiger partial charge in [-0.15, -0.1) is 0 Å². The molecule has 0 spiro atoms. The van der Waals surface area contributed by atoms with Crippen molar-refractivity contribution in [3.63, 3.8) is 0 Å². The summed E-state index contributed by atoms with van der Waals surface area (Å²) < 4.78 is 51.0. The SMILES string of the molecule is NC(=O)c1cc(-c2cccc(C(F)(F)F)c2)nc2c1Cc1cc(OCCN3CCOCC3)ccc1-2. The maximum Gasteiger partial charge on any atom is 0.416 e. The topological polar surface area (TPSA) is 77.7 Å². The molecule has 1 saturated heterocycles. The van der Waals surface area contributed by atoms with Crippen molar-refractivity contribution in [2.24, 2.45) is 5.73 Å². The number of nitrogens with zero attached hydrogens (tertiary/aromatic N) is 2. The van der Waals surface area contributed by atoms with E-state index >= 15 is 0 Å². The summed E-state index contributed by atoms with van der Waals surface area (Å²) in [6, 6.07) is 12.0. The Morgan fingerprint density at radius 2 is 1.91 bits per heavy atom. The Bertz CT molecular complexity index is 1270. The largest absolute Gasteiger partial charge is 0.492 e. The third kappa shape index (κ3) is 4.87. The number of rotatable bonds is 6. The number of fused-ring (bicyclic) bond motifs is 3. The Balaban J connectivity index is 1.42. The van der Waals surface area contributed by atoms with Crippen molar-refractivity contribution in [2.75, 3.05) is 39.5 Å². The van der Waals surface area contributed by atoms with Crippen LogP contribution in [0.15, 0.2) is 48.5 Å². The van der Waals surface area contributed by atoms with Crippen molar-refractivity contribution in [1.82, 2.24) is 9.88 Å². The van der Waals surface area contributed by atoms with Crippen molar-refractivity contribution in [1.29, 1.82) is 0 Å². The number of alkyl halides is 3. The summed E-state index contributed by atoms with van der Waals surface area (Å²) >= 11 is 0. The number of benzene rings is 2. The van der Waals surface area contributed by atoms with Crippen LogP contribution in [0.2, 0.25) is 0 Å². The molecule has 1 aliphatic carbocycles. The molecule has 9 heteroatoms. The molecule has 5 rings (SSSR count). The van der Waals surface area contributed by atoms with Gasteiger partial charge in [0.15, 0.2) is 0 Å². The zero-order valence-corrected chi connectivity index (χ0v) is 18.9. The molecule has 1 aliphatic heterocycles. The molecular weight excluding hydrogens is 459 g/mol. The second-order valence-electron chi connectivity index (χ2n) is 8.62. The summed E-state index contributed by atoms with van der Waals surface area (Å²) in [5, 5.41) is 0. The summed E-state index contributed by atoms with van der Waals surface area (Å²) in [5.74, 6) is 0.0650. The van der Waals surface area contributed by atoms with Crippen LogP contribution in [-0.2, 0) is 17.3 Å². The minimum Gasteiger partial charge on any atom is -0.492 e. The Morgan fingerprint density at radius 3 is 2.66 bits per heavy atom. The zero-order valence-electron chi connectivity index (χ0n) is 18.9. The van der Waals surface area contributed by atoms with E-state index in [4.69, 9.17) is 15.2 Å². The lowest BCUT2D eigenvalue weighted by Gasteiger charge is -2.26. The summed E-state index contributed by atoms with van der Waals surface area (Å²) in [6.45, 7) is 4.57. The number of hydrogen-bond donors (Lipinski definition) is 1. The van der Waals surface area contributed by atoms with Crippen molar-refractivity contribution >= 4 is 5.91 Å². The number of pyridine rings is 1. The number of morpholine rings is 1. The number of hydrogen-bond acceptors (Lipinski definition) is 5. The molecule has 1 fully saturated rings. The van der Waals surface area contributed by atoms with Crippen LogP contribution >= 0.6 is 0 Å². The zero-order chi connectivity index (χ0) is 24.6. The van der Waals surface area contributed by atoms with Crippen molar-refractivity contribution in [3.8, 4) is 28.3 Å². The second-order valence-corrected chi connectivity index (χ2v) is 8.62. The molecule has 0 bridgehead atoms. The number of amides is 1. The van der Waals surface area contributed by atoms with E-state index in [1.54, 1.807) is 0 Å². The summed E-state index contributed by atoms with van der Waals surface area (Å²) in [4.78, 5) is 19.2. The number of ether oxygens (including phenoxy) is 2. The van der Waals surface area contributed by atoms with Crippen molar-refractivity contribution in [3.05, 3.63) is 70.8 Å². The highest BCUT2D eigenvalue weighted by Crippen LogP contribution is 2.41. The van der Waals surface area contributed by atoms with Crippen LogP contribution in [0, 0.1) is 0 Å². The van der Waals surface area contributed by atoms with Gasteiger partial charge in [0.05, 0.1) is 30.2 Å². The molecule has 2 aliphatic rings. The van der Waals surface area contributed by atoms with Gasteiger partial charge in [0.25, 0.3) is 0 Å². The van der Waals surface area contributed by atoms with Gasteiger partial charge in [-0.3, -0.25) is 9.69 Å². The van der Waals surface area contributed by atoms with Crippen LogP contribution < -0.4 is 10.5 Å². The average Bonchev–Trinajstić information content (AvgIpc) is 3.21. The third-order valence-electron chi connectivity index (χ3n) is 6.35. The van der Waals surface area contributed by atoms with Gasteiger partial charge < -0.3 is 15.2 Å². The first-order valence-electron chi connectivity index (χ1n) is 11.4. The number of nitrogens with two attached hydrogens (primary N) is 1. The van der Waals surface area contributed by atoms with E-state index in [2.05, 4.69) is 9.88 Å². The normalized spacial score (nSPS) is 15.5. The number of carbonyl (C=O) groups excluding carboxylic acids is 1. The molecule has 2 N–H and O–H groups in total. The summed E-state index contributed by atoms with van der Waals surface area (Å²) in [7, 11) is 0. The smallest absolute Gasteiger partial charge is 0.416 e. The quantitative estimate of drug-likeness (QED) is 0.446. The van der Waals surface area contributed by atoms with Gasteiger partial charge in [-0.05, 0) is 47.5 Å². The van der Waals surface area contributed by atoms with Gasteiger partial charge in [0, 0.05) is 42.7 Å². The first-order chi connectivity index (χ1) is 16.8. The molecule has 0 saturated carbocycles. The lowest BCUT2D eigenvalue weighted by Crippen LogP contribution is -2.38. The number of primary amides is 1. The molecule has 0 unspecified atom stereocenters. The van der Waals surface area contributed by atoms with E-state index < -0.39 is 17.6 Å². The lowest BCUT2D eigenvalue weighted by atomic mass is 10.0. The Morgan fingerprint density at radius 1 is 1.11 bits per heavy atom. The van der Waals surface area contributed by atoms with E-state index in [1.807, 2.05) is 18.2 Å². The molecule has 0 radical (unpaired) electrons. The van der Waals surface area contributed by atoms with Crippen molar-refractivity contribution < 1.29 is 27.4 Å². The van der Waals surface area contributed by atoms with Gasteiger partial charge in [0.1, 0.15) is 12.4 Å². The lowest BCUT2D eigenvalue weighted by molar-refractivity contribution is -0.137. The van der Waals surface area contributed by atoms with Gasteiger partial charge in [-0.2, -0.15) is 13.2 Å². The molecule has 6 nitrogen and oxygen atoms in total. The minimum atomic E-state index is -4.48. The van der Waals surface area contributed by atoms with Gasteiger partial charge >= 0.3 is 6.18 Å². The molecule has 35 heavy (non-hydrogen) atoms. The molecular formula is C26H24F3N3O3. The van der Waals surface area contributed by atoms with Crippen LogP contribution in [0.5, 0.6) is 5.75 Å². The fourth-order valence-corrected chi connectivity index (χ4v) is 4.54. The molecule has 1 amide bonds. The summed E-state index contributed by atoms with van der Waals surface area (Å²) in [6.07, 6.45) is -4.04.